The molecule has 3 rings (SSSR count). The van der Waals surface area contributed by atoms with Gasteiger partial charge in [0.05, 0.1) is 24.9 Å². The number of hydrogen-bond donors (Lipinski definition) is 0. The minimum Gasteiger partial charge on any atom is -0.496 e. The predicted molar refractivity (Wildman–Crippen MR) is 91.0 cm³/mol. The van der Waals surface area contributed by atoms with Crippen molar-refractivity contribution >= 4 is 17.7 Å². The second-order valence-electron chi connectivity index (χ2n) is 5.85. The van der Waals surface area contributed by atoms with Crippen LogP contribution in [0.25, 0.3) is 0 Å². The van der Waals surface area contributed by atoms with Crippen LogP contribution in [0.5, 0.6) is 5.75 Å². The number of tetrazole rings is 1. The molecule has 0 spiro atoms. The number of aromatic nitrogens is 4. The summed E-state index contributed by atoms with van der Waals surface area (Å²) >= 11 is 1.39. The van der Waals surface area contributed by atoms with Gasteiger partial charge >= 0.3 is 0 Å². The zero-order valence-electron chi connectivity index (χ0n) is 14.0. The summed E-state index contributed by atoms with van der Waals surface area (Å²) in [4.78, 5) is 14.3. The predicted octanol–water partition coefficient (Wildman–Crippen LogP) is 2.33. The van der Waals surface area contributed by atoms with Crippen LogP contribution < -0.4 is 4.74 Å². The molecule has 1 fully saturated rings. The number of carbonyl (C=O) groups is 1. The van der Waals surface area contributed by atoms with E-state index in [1.165, 1.54) is 11.8 Å². The minimum atomic E-state index is -0.0753. The fourth-order valence-corrected chi connectivity index (χ4v) is 3.36. The summed E-state index contributed by atoms with van der Waals surface area (Å²) in [6.07, 6.45) is 2.22. The summed E-state index contributed by atoms with van der Waals surface area (Å²) in [5.74, 6) is 1.13. The molecule has 0 N–H and O–H groups in total. The Morgan fingerprint density at radius 3 is 2.92 bits per heavy atom. The number of benzene rings is 1. The van der Waals surface area contributed by atoms with Gasteiger partial charge < -0.3 is 9.64 Å². The van der Waals surface area contributed by atoms with Crippen molar-refractivity contribution < 1.29 is 9.53 Å². The number of thioether (sulfide) groups is 1. The molecule has 0 aliphatic heterocycles. The van der Waals surface area contributed by atoms with Crippen LogP contribution in [-0.4, -0.2) is 50.9 Å². The second kappa shape index (κ2) is 7.21. The van der Waals surface area contributed by atoms with Crippen molar-refractivity contribution in [1.82, 2.24) is 25.1 Å². The molecular formula is C16H21N5O2S. The highest BCUT2D eigenvalue weighted by Crippen LogP contribution is 2.36. The maximum atomic E-state index is 12.5. The molecule has 1 heterocycles. The molecule has 1 atom stereocenters. The quantitative estimate of drug-likeness (QED) is 0.716. The van der Waals surface area contributed by atoms with Gasteiger partial charge in [-0.1, -0.05) is 30.0 Å². The SMILES string of the molecule is COc1ccccc1C(C)N(C)C(=O)CSc1nnnn1C1CC1. The van der Waals surface area contributed by atoms with Gasteiger partial charge in [0.2, 0.25) is 11.1 Å². The molecule has 1 unspecified atom stereocenters. The number of ether oxygens (including phenoxy) is 1. The molecule has 7 nitrogen and oxygen atoms in total. The molecule has 1 amide bonds. The largest absolute Gasteiger partial charge is 0.496 e. The Bertz CT molecular complexity index is 716. The third kappa shape index (κ3) is 3.53. The van der Waals surface area contributed by atoms with E-state index in [0.29, 0.717) is 17.0 Å². The van der Waals surface area contributed by atoms with E-state index in [0.717, 1.165) is 24.2 Å². The van der Waals surface area contributed by atoms with Crippen LogP contribution in [0.1, 0.15) is 37.4 Å². The van der Waals surface area contributed by atoms with Gasteiger partial charge in [-0.2, -0.15) is 0 Å². The van der Waals surface area contributed by atoms with E-state index in [1.807, 2.05) is 42.9 Å². The molecule has 1 aliphatic carbocycles. The van der Waals surface area contributed by atoms with Gasteiger partial charge in [0.1, 0.15) is 5.75 Å². The Labute approximate surface area is 145 Å². The van der Waals surface area contributed by atoms with Crippen LogP contribution in [0.3, 0.4) is 0 Å². The van der Waals surface area contributed by atoms with Gasteiger partial charge in [-0.15, -0.1) is 5.10 Å². The van der Waals surface area contributed by atoms with Crippen molar-refractivity contribution in [2.45, 2.75) is 37.0 Å². The second-order valence-corrected chi connectivity index (χ2v) is 6.79. The average Bonchev–Trinajstić information content (AvgIpc) is 3.36. The van der Waals surface area contributed by atoms with Gasteiger partial charge in [0, 0.05) is 12.6 Å². The summed E-state index contributed by atoms with van der Waals surface area (Å²) in [6, 6.07) is 8.09. The van der Waals surface area contributed by atoms with Crippen LogP contribution >= 0.6 is 11.8 Å². The first-order valence-corrected chi connectivity index (χ1v) is 8.89. The average molecular weight is 347 g/mol. The lowest BCUT2D eigenvalue weighted by Gasteiger charge is -2.26. The van der Waals surface area contributed by atoms with Crippen molar-refractivity contribution in [3.63, 3.8) is 0 Å². The van der Waals surface area contributed by atoms with E-state index in [9.17, 15) is 4.79 Å². The van der Waals surface area contributed by atoms with Gasteiger partial charge in [-0.3, -0.25) is 4.79 Å². The molecule has 1 aromatic carbocycles. The van der Waals surface area contributed by atoms with Gasteiger partial charge in [0.15, 0.2) is 0 Å². The van der Waals surface area contributed by atoms with Gasteiger partial charge in [0.25, 0.3) is 0 Å². The number of amides is 1. The number of hydrogen-bond acceptors (Lipinski definition) is 6. The van der Waals surface area contributed by atoms with Gasteiger partial charge in [-0.25, -0.2) is 4.68 Å². The Morgan fingerprint density at radius 2 is 2.21 bits per heavy atom. The van der Waals surface area contributed by atoms with E-state index in [4.69, 9.17) is 4.74 Å². The molecular weight excluding hydrogens is 326 g/mol. The van der Waals surface area contributed by atoms with E-state index < -0.39 is 0 Å². The standard InChI is InChI=1S/C16H21N5O2S/c1-11(13-6-4-5-7-14(13)23-3)20(2)15(22)10-24-16-17-18-19-21(16)12-8-9-12/h4-7,11-12H,8-10H2,1-3H3. The van der Waals surface area contributed by atoms with Crippen molar-refractivity contribution in [3.05, 3.63) is 29.8 Å². The molecule has 0 radical (unpaired) electrons. The molecule has 24 heavy (non-hydrogen) atoms. The van der Waals surface area contributed by atoms with Crippen LogP contribution in [0.15, 0.2) is 29.4 Å². The first-order chi connectivity index (χ1) is 11.6. The lowest BCUT2D eigenvalue weighted by molar-refractivity contribution is -0.128. The van der Waals surface area contributed by atoms with Crippen molar-refractivity contribution in [3.8, 4) is 5.75 Å². The van der Waals surface area contributed by atoms with Crippen LogP contribution in [0.4, 0.5) is 0 Å². The topological polar surface area (TPSA) is 73.1 Å². The third-order valence-corrected chi connectivity index (χ3v) is 5.16. The zero-order chi connectivity index (χ0) is 17.1. The molecule has 1 aromatic heterocycles. The van der Waals surface area contributed by atoms with E-state index in [1.54, 1.807) is 12.0 Å². The summed E-state index contributed by atoms with van der Waals surface area (Å²) in [5.41, 5.74) is 0.990. The van der Waals surface area contributed by atoms with Crippen LogP contribution in [0.2, 0.25) is 0 Å². The molecule has 1 aliphatic rings. The minimum absolute atomic E-state index is 0.0313. The Hall–Kier alpha value is -2.09. The van der Waals surface area contributed by atoms with Crippen LogP contribution in [0, 0.1) is 0 Å². The Kier molecular flexibility index (Phi) is 5.03. The molecule has 1 saturated carbocycles. The number of para-hydroxylation sites is 1. The van der Waals surface area contributed by atoms with Crippen molar-refractivity contribution in [2.75, 3.05) is 19.9 Å². The smallest absolute Gasteiger partial charge is 0.233 e. The highest BCUT2D eigenvalue weighted by Gasteiger charge is 2.28. The third-order valence-electron chi connectivity index (χ3n) is 4.24. The summed E-state index contributed by atoms with van der Waals surface area (Å²) < 4.78 is 7.21. The molecule has 0 saturated heterocycles. The fraction of sp³-hybridized carbons (Fsp3) is 0.500. The number of methoxy groups -OCH3 is 1. The maximum absolute atomic E-state index is 12.5. The summed E-state index contributed by atoms with van der Waals surface area (Å²) in [5, 5.41) is 12.4. The molecule has 128 valence electrons. The van der Waals surface area contributed by atoms with Crippen molar-refractivity contribution in [2.24, 2.45) is 0 Å². The first-order valence-electron chi connectivity index (χ1n) is 7.91. The molecule has 0 bridgehead atoms. The zero-order valence-corrected chi connectivity index (χ0v) is 14.9. The summed E-state index contributed by atoms with van der Waals surface area (Å²) in [7, 11) is 3.45. The van der Waals surface area contributed by atoms with Crippen molar-refractivity contribution in [1.29, 1.82) is 0 Å². The summed E-state index contributed by atoms with van der Waals surface area (Å²) in [6.45, 7) is 1.99. The van der Waals surface area contributed by atoms with E-state index >= 15 is 0 Å². The lowest BCUT2D eigenvalue weighted by Crippen LogP contribution is -2.31. The number of nitrogens with zero attached hydrogens (tertiary/aromatic N) is 5. The Balaban J connectivity index is 1.62. The maximum Gasteiger partial charge on any atom is 0.233 e. The molecule has 2 aromatic rings. The monoisotopic (exact) mass is 347 g/mol. The number of carbonyl (C=O) groups excluding carboxylic acids is 1. The molecule has 8 heteroatoms. The highest BCUT2D eigenvalue weighted by molar-refractivity contribution is 7.99. The van der Waals surface area contributed by atoms with E-state index in [-0.39, 0.29) is 11.9 Å². The van der Waals surface area contributed by atoms with E-state index in [2.05, 4.69) is 15.5 Å². The fourth-order valence-electron chi connectivity index (χ4n) is 2.49. The lowest BCUT2D eigenvalue weighted by atomic mass is 10.1. The number of rotatable bonds is 7. The van der Waals surface area contributed by atoms with Gasteiger partial charge in [-0.05, 0) is 36.3 Å². The Morgan fingerprint density at radius 1 is 1.46 bits per heavy atom. The highest BCUT2D eigenvalue weighted by atomic mass is 32.2. The first kappa shape index (κ1) is 16.8. The van der Waals surface area contributed by atoms with Crippen LogP contribution in [-0.2, 0) is 4.79 Å². The normalized spacial score (nSPS) is 15.1.